The lowest BCUT2D eigenvalue weighted by molar-refractivity contribution is 0.196. The van der Waals surface area contributed by atoms with Gasteiger partial charge in [-0.3, -0.25) is 0 Å². The Morgan fingerprint density at radius 1 is 1.17 bits per heavy atom. The van der Waals surface area contributed by atoms with Crippen molar-refractivity contribution in [1.82, 2.24) is 14.5 Å². The molecule has 0 radical (unpaired) electrons. The van der Waals surface area contributed by atoms with Crippen molar-refractivity contribution in [3.63, 3.8) is 0 Å². The topological polar surface area (TPSA) is 52.7 Å². The van der Waals surface area contributed by atoms with Crippen LogP contribution in [-0.4, -0.2) is 68.7 Å². The average molecular weight is 275 g/mol. The minimum Gasteiger partial charge on any atom is -0.314 e. The Hall–Kier alpha value is -0.170. The number of rotatable bonds is 7. The van der Waals surface area contributed by atoms with E-state index < -0.39 is 10.0 Å². The molecule has 0 aromatic rings. The Labute approximate surface area is 111 Å². The van der Waals surface area contributed by atoms with Crippen LogP contribution in [-0.2, 0) is 10.0 Å². The summed E-state index contributed by atoms with van der Waals surface area (Å²) >= 11 is 0. The second kappa shape index (κ2) is 6.32. The molecule has 0 bridgehead atoms. The van der Waals surface area contributed by atoms with Crippen molar-refractivity contribution in [3.8, 4) is 0 Å². The van der Waals surface area contributed by atoms with Crippen LogP contribution in [0.1, 0.15) is 26.2 Å². The number of hydrogen-bond donors (Lipinski definition) is 1. The Balaban J connectivity index is 1.68. The minimum atomic E-state index is -3.03. The average Bonchev–Trinajstić information content (AvgIpc) is 3.19. The third kappa shape index (κ3) is 4.19. The predicted molar refractivity (Wildman–Crippen MR) is 73.1 cm³/mol. The standard InChI is InChI=1S/C12H25N3O2S/c1-2-14-7-9-15(10-8-14)18(16,17)11-3-6-13-12-4-5-12/h12-13H,2-11H2,1H3. The summed E-state index contributed by atoms with van der Waals surface area (Å²) in [4.78, 5) is 2.29. The van der Waals surface area contributed by atoms with Crippen LogP contribution in [0.4, 0.5) is 0 Å². The predicted octanol–water partition coefficient (Wildman–Crippen LogP) is 0.0958. The second-order valence-corrected chi connectivity index (χ2v) is 7.32. The first-order chi connectivity index (χ1) is 8.62. The molecule has 0 aromatic heterocycles. The molecule has 1 heterocycles. The highest BCUT2D eigenvalue weighted by atomic mass is 32.2. The first kappa shape index (κ1) is 14.2. The highest BCUT2D eigenvalue weighted by molar-refractivity contribution is 7.89. The molecule has 0 amide bonds. The second-order valence-electron chi connectivity index (χ2n) is 5.23. The van der Waals surface area contributed by atoms with Gasteiger partial charge in [0.25, 0.3) is 0 Å². The molecule has 0 aromatic carbocycles. The smallest absolute Gasteiger partial charge is 0.214 e. The molecule has 0 atom stereocenters. The molecule has 0 unspecified atom stereocenters. The van der Waals surface area contributed by atoms with E-state index in [1.807, 2.05) is 0 Å². The van der Waals surface area contributed by atoms with Crippen molar-refractivity contribution in [2.75, 3.05) is 45.0 Å². The van der Waals surface area contributed by atoms with Crippen molar-refractivity contribution in [1.29, 1.82) is 0 Å². The SMILES string of the molecule is CCN1CCN(S(=O)(=O)CCCNC2CC2)CC1. The molecule has 1 saturated carbocycles. The van der Waals surface area contributed by atoms with Gasteiger partial charge >= 0.3 is 0 Å². The number of piperazine rings is 1. The van der Waals surface area contributed by atoms with Crippen LogP contribution >= 0.6 is 0 Å². The van der Waals surface area contributed by atoms with Crippen molar-refractivity contribution < 1.29 is 8.42 Å². The van der Waals surface area contributed by atoms with Crippen molar-refractivity contribution in [3.05, 3.63) is 0 Å². The molecule has 1 N–H and O–H groups in total. The Morgan fingerprint density at radius 3 is 2.39 bits per heavy atom. The van der Waals surface area contributed by atoms with Gasteiger partial charge in [-0.15, -0.1) is 0 Å². The molecule has 1 aliphatic heterocycles. The highest BCUT2D eigenvalue weighted by Gasteiger charge is 2.26. The maximum absolute atomic E-state index is 12.1. The zero-order valence-corrected chi connectivity index (χ0v) is 12.1. The van der Waals surface area contributed by atoms with E-state index in [0.29, 0.717) is 24.9 Å². The number of nitrogens with zero attached hydrogens (tertiary/aromatic N) is 2. The third-order valence-electron chi connectivity index (χ3n) is 3.76. The van der Waals surface area contributed by atoms with Crippen LogP contribution in [0.3, 0.4) is 0 Å². The maximum Gasteiger partial charge on any atom is 0.214 e. The summed E-state index contributed by atoms with van der Waals surface area (Å²) in [6.45, 7) is 7.02. The summed E-state index contributed by atoms with van der Waals surface area (Å²) in [6, 6.07) is 0.667. The molecule has 106 valence electrons. The molecule has 18 heavy (non-hydrogen) atoms. The van der Waals surface area contributed by atoms with Crippen LogP contribution in [0.15, 0.2) is 0 Å². The van der Waals surface area contributed by atoms with Gasteiger partial charge in [-0.05, 0) is 32.4 Å². The van der Waals surface area contributed by atoms with Crippen LogP contribution in [0, 0.1) is 0 Å². The lowest BCUT2D eigenvalue weighted by atomic mass is 10.4. The summed E-state index contributed by atoms with van der Waals surface area (Å²) in [6.07, 6.45) is 3.24. The fraction of sp³-hybridized carbons (Fsp3) is 1.00. The monoisotopic (exact) mass is 275 g/mol. The van der Waals surface area contributed by atoms with Crippen LogP contribution in [0.2, 0.25) is 0 Å². The van der Waals surface area contributed by atoms with E-state index in [-0.39, 0.29) is 0 Å². The van der Waals surface area contributed by atoms with Crippen LogP contribution < -0.4 is 5.32 Å². The Kier molecular flexibility index (Phi) is 5.00. The zero-order valence-electron chi connectivity index (χ0n) is 11.3. The number of nitrogens with one attached hydrogen (secondary N) is 1. The summed E-state index contributed by atoms with van der Waals surface area (Å²) in [7, 11) is -3.03. The lowest BCUT2D eigenvalue weighted by Gasteiger charge is -2.33. The summed E-state index contributed by atoms with van der Waals surface area (Å²) < 4.78 is 25.9. The van der Waals surface area contributed by atoms with Gasteiger partial charge in [0.1, 0.15) is 0 Å². The van der Waals surface area contributed by atoms with E-state index in [0.717, 1.165) is 32.6 Å². The van der Waals surface area contributed by atoms with E-state index in [4.69, 9.17) is 0 Å². The van der Waals surface area contributed by atoms with Gasteiger partial charge < -0.3 is 10.2 Å². The van der Waals surface area contributed by atoms with Gasteiger partial charge in [-0.2, -0.15) is 4.31 Å². The third-order valence-corrected chi connectivity index (χ3v) is 5.72. The van der Waals surface area contributed by atoms with E-state index in [1.54, 1.807) is 4.31 Å². The van der Waals surface area contributed by atoms with Gasteiger partial charge in [0.2, 0.25) is 10.0 Å². The molecule has 0 spiro atoms. The number of likely N-dealkylation sites (N-methyl/N-ethyl adjacent to an activating group) is 1. The van der Waals surface area contributed by atoms with E-state index >= 15 is 0 Å². The summed E-state index contributed by atoms with van der Waals surface area (Å²) in [5, 5.41) is 3.36. The zero-order chi connectivity index (χ0) is 13.0. The van der Waals surface area contributed by atoms with Crippen molar-refractivity contribution in [2.45, 2.75) is 32.2 Å². The van der Waals surface area contributed by atoms with Crippen LogP contribution in [0.25, 0.3) is 0 Å². The fourth-order valence-electron chi connectivity index (χ4n) is 2.30. The van der Waals surface area contributed by atoms with E-state index in [1.165, 1.54) is 12.8 Å². The molecule has 2 rings (SSSR count). The van der Waals surface area contributed by atoms with Crippen molar-refractivity contribution in [2.24, 2.45) is 0 Å². The maximum atomic E-state index is 12.1. The van der Waals surface area contributed by atoms with E-state index in [9.17, 15) is 8.42 Å². The largest absolute Gasteiger partial charge is 0.314 e. The highest BCUT2D eigenvalue weighted by Crippen LogP contribution is 2.18. The molecule has 2 aliphatic rings. The van der Waals surface area contributed by atoms with E-state index in [2.05, 4.69) is 17.1 Å². The normalized spacial score (nSPS) is 23.4. The molecule has 1 saturated heterocycles. The molecule has 1 aliphatic carbocycles. The number of sulfonamides is 1. The molecule has 5 nitrogen and oxygen atoms in total. The van der Waals surface area contributed by atoms with Gasteiger partial charge in [0.15, 0.2) is 0 Å². The first-order valence-corrected chi connectivity index (χ1v) is 8.66. The quantitative estimate of drug-likeness (QED) is 0.669. The summed E-state index contributed by atoms with van der Waals surface area (Å²) in [5.41, 5.74) is 0. The summed E-state index contributed by atoms with van der Waals surface area (Å²) in [5.74, 6) is 0.291. The molecule has 6 heteroatoms. The van der Waals surface area contributed by atoms with Crippen molar-refractivity contribution >= 4 is 10.0 Å². The van der Waals surface area contributed by atoms with Gasteiger partial charge in [-0.1, -0.05) is 6.92 Å². The fourth-order valence-corrected chi connectivity index (χ4v) is 3.79. The lowest BCUT2D eigenvalue weighted by Crippen LogP contribution is -2.49. The minimum absolute atomic E-state index is 0.291. The number of hydrogen-bond acceptors (Lipinski definition) is 4. The van der Waals surface area contributed by atoms with Gasteiger partial charge in [0, 0.05) is 32.2 Å². The molecule has 2 fully saturated rings. The van der Waals surface area contributed by atoms with Gasteiger partial charge in [0.05, 0.1) is 5.75 Å². The first-order valence-electron chi connectivity index (χ1n) is 7.05. The Morgan fingerprint density at radius 2 is 1.83 bits per heavy atom. The molecular weight excluding hydrogens is 250 g/mol. The Bertz CT molecular complexity index is 346. The van der Waals surface area contributed by atoms with Gasteiger partial charge in [-0.25, -0.2) is 8.42 Å². The molecular formula is C12H25N3O2S. The van der Waals surface area contributed by atoms with Crippen LogP contribution in [0.5, 0.6) is 0 Å².